The summed E-state index contributed by atoms with van der Waals surface area (Å²) in [5, 5.41) is 9.19. The molecular formula is C21H20FN3O3S. The molecule has 1 amide bonds. The molecule has 3 rings (SSSR count). The van der Waals surface area contributed by atoms with Crippen molar-refractivity contribution in [2.75, 3.05) is 13.6 Å². The molecule has 0 unspecified atom stereocenters. The third-order valence-corrected chi connectivity index (χ3v) is 6.33. The van der Waals surface area contributed by atoms with Gasteiger partial charge in [-0.3, -0.25) is 4.79 Å². The fourth-order valence-corrected chi connectivity index (χ4v) is 4.69. The monoisotopic (exact) mass is 413 g/mol. The van der Waals surface area contributed by atoms with Crippen LogP contribution in [0.1, 0.15) is 12.0 Å². The molecule has 0 aliphatic heterocycles. The number of nitriles is 1. The lowest BCUT2D eigenvalue weighted by molar-refractivity contribution is -0.130. The first-order valence-electron chi connectivity index (χ1n) is 8.98. The number of rotatable bonds is 7. The Hall–Kier alpha value is -3.18. The largest absolute Gasteiger partial charge is 0.343 e. The van der Waals surface area contributed by atoms with Crippen molar-refractivity contribution in [3.8, 4) is 6.07 Å². The number of sulfone groups is 1. The molecule has 0 atom stereocenters. The van der Waals surface area contributed by atoms with E-state index < -0.39 is 15.7 Å². The van der Waals surface area contributed by atoms with Crippen LogP contribution in [-0.2, 0) is 26.9 Å². The highest BCUT2D eigenvalue weighted by Crippen LogP contribution is 2.28. The van der Waals surface area contributed by atoms with E-state index in [9.17, 15) is 17.6 Å². The fourth-order valence-electron chi connectivity index (χ4n) is 3.12. The summed E-state index contributed by atoms with van der Waals surface area (Å²) in [7, 11) is -2.16. The van der Waals surface area contributed by atoms with Gasteiger partial charge in [-0.05, 0) is 23.8 Å². The molecule has 3 aromatic rings. The van der Waals surface area contributed by atoms with Gasteiger partial charge >= 0.3 is 0 Å². The van der Waals surface area contributed by atoms with Gasteiger partial charge in [0.2, 0.25) is 5.91 Å². The van der Waals surface area contributed by atoms with Crippen LogP contribution in [-0.4, -0.2) is 37.4 Å². The maximum absolute atomic E-state index is 13.4. The number of aromatic nitrogens is 1. The summed E-state index contributed by atoms with van der Waals surface area (Å²) in [5.74, 6) is -1.06. The number of hydrogen-bond donors (Lipinski definition) is 0. The van der Waals surface area contributed by atoms with Gasteiger partial charge in [0.25, 0.3) is 0 Å². The maximum Gasteiger partial charge on any atom is 0.242 e. The van der Waals surface area contributed by atoms with E-state index in [1.54, 1.807) is 41.9 Å². The maximum atomic E-state index is 13.4. The third kappa shape index (κ3) is 4.63. The number of amides is 1. The second kappa shape index (κ2) is 8.45. The molecule has 8 heteroatoms. The van der Waals surface area contributed by atoms with Gasteiger partial charge in [-0.15, -0.1) is 0 Å². The van der Waals surface area contributed by atoms with E-state index in [2.05, 4.69) is 0 Å². The molecule has 0 bridgehead atoms. The number of fused-ring (bicyclic) bond motifs is 1. The molecule has 0 saturated heterocycles. The van der Waals surface area contributed by atoms with Crippen molar-refractivity contribution in [2.24, 2.45) is 0 Å². The zero-order chi connectivity index (χ0) is 21.0. The van der Waals surface area contributed by atoms with E-state index in [1.165, 1.54) is 29.3 Å². The summed E-state index contributed by atoms with van der Waals surface area (Å²) in [6.45, 7) is 0.261. The zero-order valence-electron chi connectivity index (χ0n) is 15.9. The summed E-state index contributed by atoms with van der Waals surface area (Å²) < 4.78 is 41.1. The normalized spacial score (nSPS) is 11.3. The van der Waals surface area contributed by atoms with Gasteiger partial charge in [0, 0.05) is 30.7 Å². The zero-order valence-corrected chi connectivity index (χ0v) is 16.7. The number of hydrogen-bond acceptors (Lipinski definition) is 4. The van der Waals surface area contributed by atoms with Crippen LogP contribution in [0, 0.1) is 17.1 Å². The number of likely N-dealkylation sites (N-methyl/N-ethyl adjacent to an activating group) is 1. The molecule has 29 heavy (non-hydrogen) atoms. The number of benzene rings is 2. The second-order valence-corrected chi connectivity index (χ2v) is 8.71. The van der Waals surface area contributed by atoms with E-state index in [-0.39, 0.29) is 29.5 Å². The lowest BCUT2D eigenvalue weighted by Crippen LogP contribution is -2.30. The molecule has 1 heterocycles. The van der Waals surface area contributed by atoms with Gasteiger partial charge in [0.15, 0.2) is 9.84 Å². The van der Waals surface area contributed by atoms with Gasteiger partial charge in [0.1, 0.15) is 12.4 Å². The van der Waals surface area contributed by atoms with E-state index in [1.807, 2.05) is 6.07 Å². The summed E-state index contributed by atoms with van der Waals surface area (Å²) >= 11 is 0. The lowest BCUT2D eigenvalue weighted by Gasteiger charge is -2.16. The van der Waals surface area contributed by atoms with E-state index in [4.69, 9.17) is 5.26 Å². The highest BCUT2D eigenvalue weighted by molar-refractivity contribution is 7.90. The van der Waals surface area contributed by atoms with Crippen LogP contribution < -0.4 is 0 Å². The van der Waals surface area contributed by atoms with Gasteiger partial charge in [0.05, 0.1) is 23.1 Å². The summed E-state index contributed by atoms with van der Waals surface area (Å²) in [5.41, 5.74) is 0.974. The third-order valence-electron chi connectivity index (χ3n) is 4.62. The van der Waals surface area contributed by atoms with Crippen molar-refractivity contribution in [2.45, 2.75) is 23.6 Å². The lowest BCUT2D eigenvalue weighted by atomic mass is 10.2. The Kier molecular flexibility index (Phi) is 5.99. The predicted octanol–water partition coefficient (Wildman–Crippen LogP) is 3.13. The molecule has 0 radical (unpaired) electrons. The number of halogens is 1. The summed E-state index contributed by atoms with van der Waals surface area (Å²) in [6, 6.07) is 14.4. The van der Waals surface area contributed by atoms with E-state index in [0.29, 0.717) is 23.0 Å². The first-order valence-corrected chi connectivity index (χ1v) is 10.6. The molecular weight excluding hydrogens is 393 g/mol. The van der Waals surface area contributed by atoms with Gasteiger partial charge in [-0.2, -0.15) is 5.26 Å². The predicted molar refractivity (Wildman–Crippen MR) is 107 cm³/mol. The van der Waals surface area contributed by atoms with E-state index >= 15 is 0 Å². The van der Waals surface area contributed by atoms with Crippen LogP contribution in [0.15, 0.2) is 59.6 Å². The van der Waals surface area contributed by atoms with Crippen molar-refractivity contribution in [3.63, 3.8) is 0 Å². The highest BCUT2D eigenvalue weighted by Gasteiger charge is 2.23. The molecule has 0 spiro atoms. The van der Waals surface area contributed by atoms with Crippen LogP contribution >= 0.6 is 0 Å². The minimum absolute atomic E-state index is 0.0437. The van der Waals surface area contributed by atoms with Crippen molar-refractivity contribution in [1.82, 2.24) is 9.47 Å². The number of nitrogens with zero attached hydrogens (tertiary/aromatic N) is 3. The van der Waals surface area contributed by atoms with Gasteiger partial charge in [-0.1, -0.05) is 30.3 Å². The second-order valence-electron chi connectivity index (χ2n) is 6.75. The Morgan fingerprint density at radius 2 is 1.97 bits per heavy atom. The standard InChI is InChI=1S/C21H20FN3O3S/c1-24(11-5-10-23)21(26)14-25-13-20(18-8-2-3-9-19(18)25)29(27,28)15-16-6-4-7-17(22)12-16/h2-4,6-9,12-13H,5,11,14-15H2,1H3. The Labute approximate surface area is 168 Å². The van der Waals surface area contributed by atoms with Crippen molar-refractivity contribution < 1.29 is 17.6 Å². The van der Waals surface area contributed by atoms with Crippen LogP contribution in [0.5, 0.6) is 0 Å². The molecule has 1 aromatic heterocycles. The topological polar surface area (TPSA) is 83.2 Å². The van der Waals surface area contributed by atoms with Gasteiger partial charge in [-0.25, -0.2) is 12.8 Å². The Bertz CT molecular complexity index is 1200. The average molecular weight is 413 g/mol. The fraction of sp³-hybridized carbons (Fsp3) is 0.238. The number of carbonyl (C=O) groups excluding carboxylic acids is 1. The van der Waals surface area contributed by atoms with Crippen molar-refractivity contribution in [1.29, 1.82) is 5.26 Å². The smallest absolute Gasteiger partial charge is 0.242 e. The Morgan fingerprint density at radius 3 is 2.69 bits per heavy atom. The molecule has 2 aromatic carbocycles. The minimum Gasteiger partial charge on any atom is -0.343 e. The summed E-state index contributed by atoms with van der Waals surface area (Å²) in [4.78, 5) is 14.0. The van der Waals surface area contributed by atoms with Crippen LogP contribution in [0.25, 0.3) is 10.9 Å². The van der Waals surface area contributed by atoms with Crippen LogP contribution in [0.3, 0.4) is 0 Å². The van der Waals surface area contributed by atoms with Gasteiger partial charge < -0.3 is 9.47 Å². The Morgan fingerprint density at radius 1 is 1.21 bits per heavy atom. The SMILES string of the molecule is CN(CCC#N)C(=O)Cn1cc(S(=O)(=O)Cc2cccc(F)c2)c2ccccc21. The molecule has 0 saturated carbocycles. The van der Waals surface area contributed by atoms with Crippen molar-refractivity contribution in [3.05, 3.63) is 66.1 Å². The number of para-hydroxylation sites is 1. The molecule has 0 aliphatic rings. The first kappa shape index (κ1) is 20.6. The average Bonchev–Trinajstić information content (AvgIpc) is 3.05. The molecule has 150 valence electrons. The molecule has 0 fully saturated rings. The highest BCUT2D eigenvalue weighted by atomic mass is 32.2. The molecule has 6 nitrogen and oxygen atoms in total. The Balaban J connectivity index is 1.95. The number of carbonyl (C=O) groups is 1. The minimum atomic E-state index is -3.76. The summed E-state index contributed by atoms with van der Waals surface area (Å²) in [6.07, 6.45) is 1.68. The van der Waals surface area contributed by atoms with Crippen LogP contribution in [0.2, 0.25) is 0 Å². The molecule has 0 N–H and O–H groups in total. The van der Waals surface area contributed by atoms with E-state index in [0.717, 1.165) is 0 Å². The van der Waals surface area contributed by atoms with Crippen molar-refractivity contribution >= 4 is 26.6 Å². The molecule has 0 aliphatic carbocycles. The first-order chi connectivity index (χ1) is 13.8. The quantitative estimate of drug-likeness (QED) is 0.596. The van der Waals surface area contributed by atoms with Crippen LogP contribution in [0.4, 0.5) is 4.39 Å².